The van der Waals surface area contributed by atoms with Crippen LogP contribution in [0.2, 0.25) is 10.0 Å². The Hall–Kier alpha value is 0.0500. The number of halogens is 4. The first-order valence-corrected chi connectivity index (χ1v) is 4.45. The highest BCUT2D eigenvalue weighted by Gasteiger charge is 1.98. The fourth-order valence-corrected chi connectivity index (χ4v) is 1.14. The normalized spacial score (nSPS) is 9.67. The predicted molar refractivity (Wildman–Crippen MR) is 55.3 cm³/mol. The molecule has 0 saturated carbocycles. The first kappa shape index (κ1) is 10.1. The first-order valence-electron chi connectivity index (χ1n) is 2.94. The van der Waals surface area contributed by atoms with Crippen LogP contribution in [0.15, 0.2) is 23.2 Å². The maximum atomic E-state index is 5.71. The van der Waals surface area contributed by atoms with Gasteiger partial charge in [0, 0.05) is 0 Å². The largest absolute Gasteiger partial charge is 0.225 e. The van der Waals surface area contributed by atoms with Crippen LogP contribution < -0.4 is 0 Å². The monoisotopic (exact) mass is 241 g/mol. The molecule has 0 heterocycles. The van der Waals surface area contributed by atoms with Gasteiger partial charge in [-0.05, 0) is 41.4 Å². The molecule has 0 aliphatic heterocycles. The van der Waals surface area contributed by atoms with Gasteiger partial charge in [0.1, 0.15) is 0 Å². The quantitative estimate of drug-likeness (QED) is 0.645. The molecule has 0 saturated heterocycles. The van der Waals surface area contributed by atoms with Crippen molar-refractivity contribution in [2.75, 3.05) is 0 Å². The summed E-state index contributed by atoms with van der Waals surface area (Å²) in [5.74, 6) is 0. The number of aliphatic imine (C=N–C) groups is 1. The zero-order valence-electron chi connectivity index (χ0n) is 5.69. The van der Waals surface area contributed by atoms with E-state index in [0.717, 1.165) is 0 Å². The summed E-state index contributed by atoms with van der Waals surface area (Å²) in [5.41, 5.74) is 0.574. The van der Waals surface area contributed by atoms with Gasteiger partial charge in [-0.25, -0.2) is 4.99 Å². The van der Waals surface area contributed by atoms with Gasteiger partial charge in [-0.1, -0.05) is 23.2 Å². The molecule has 12 heavy (non-hydrogen) atoms. The van der Waals surface area contributed by atoms with E-state index in [4.69, 9.17) is 46.4 Å². The Kier molecular flexibility index (Phi) is 3.66. The second kappa shape index (κ2) is 4.33. The van der Waals surface area contributed by atoms with Gasteiger partial charge in [0.05, 0.1) is 15.7 Å². The minimum absolute atomic E-state index is 0.0617. The van der Waals surface area contributed by atoms with Crippen molar-refractivity contribution in [2.24, 2.45) is 4.99 Å². The van der Waals surface area contributed by atoms with Crippen LogP contribution in [0.3, 0.4) is 0 Å². The number of benzene rings is 1. The van der Waals surface area contributed by atoms with Gasteiger partial charge in [-0.2, -0.15) is 0 Å². The Labute approximate surface area is 89.9 Å². The molecule has 0 aromatic heterocycles. The summed E-state index contributed by atoms with van der Waals surface area (Å²) in [6.07, 6.45) is 0. The van der Waals surface area contributed by atoms with E-state index in [2.05, 4.69) is 4.99 Å². The molecule has 0 amide bonds. The smallest absolute Gasteiger partial charge is 0.197 e. The molecule has 0 radical (unpaired) electrons. The second-order valence-electron chi connectivity index (χ2n) is 1.95. The van der Waals surface area contributed by atoms with Gasteiger partial charge < -0.3 is 0 Å². The van der Waals surface area contributed by atoms with E-state index in [1.807, 2.05) is 0 Å². The third kappa shape index (κ3) is 2.83. The van der Waals surface area contributed by atoms with Crippen molar-refractivity contribution in [3.05, 3.63) is 28.2 Å². The molecule has 0 spiro atoms. The van der Waals surface area contributed by atoms with Crippen molar-refractivity contribution >= 4 is 56.7 Å². The molecule has 0 aliphatic rings. The lowest BCUT2D eigenvalue weighted by atomic mass is 10.3. The van der Waals surface area contributed by atoms with Gasteiger partial charge in [0.15, 0.2) is 4.63 Å². The van der Waals surface area contributed by atoms with Gasteiger partial charge in [0.2, 0.25) is 0 Å². The van der Waals surface area contributed by atoms with E-state index in [1.165, 1.54) is 0 Å². The van der Waals surface area contributed by atoms with Crippen LogP contribution in [0.4, 0.5) is 5.69 Å². The third-order valence-corrected chi connectivity index (χ3v) is 2.02. The first-order chi connectivity index (χ1) is 5.59. The lowest BCUT2D eigenvalue weighted by molar-refractivity contribution is 1.54. The topological polar surface area (TPSA) is 12.4 Å². The fourth-order valence-electron chi connectivity index (χ4n) is 0.652. The van der Waals surface area contributed by atoms with E-state index in [-0.39, 0.29) is 4.63 Å². The van der Waals surface area contributed by atoms with Crippen molar-refractivity contribution in [2.45, 2.75) is 0 Å². The lowest BCUT2D eigenvalue weighted by Gasteiger charge is -1.96. The van der Waals surface area contributed by atoms with Crippen LogP contribution in [-0.4, -0.2) is 4.63 Å². The Morgan fingerprint density at radius 1 is 1.08 bits per heavy atom. The Bertz CT molecular complexity index is 317. The van der Waals surface area contributed by atoms with Crippen LogP contribution in [0.25, 0.3) is 0 Å². The van der Waals surface area contributed by atoms with Crippen LogP contribution >= 0.6 is 46.4 Å². The summed E-state index contributed by atoms with van der Waals surface area (Å²) in [5, 5.41) is 0.897. The molecule has 0 aliphatic carbocycles. The van der Waals surface area contributed by atoms with Crippen LogP contribution in [0, 0.1) is 0 Å². The van der Waals surface area contributed by atoms with Crippen molar-refractivity contribution in [1.82, 2.24) is 0 Å². The SMILES string of the molecule is ClC(Cl)=Nc1ccc(Cl)c(Cl)c1. The molecule has 64 valence electrons. The van der Waals surface area contributed by atoms with E-state index in [1.54, 1.807) is 18.2 Å². The molecule has 5 heteroatoms. The average Bonchev–Trinajstić information content (AvgIpc) is 1.96. The third-order valence-electron chi connectivity index (χ3n) is 1.12. The molecule has 1 nitrogen and oxygen atoms in total. The van der Waals surface area contributed by atoms with Crippen LogP contribution in [0.5, 0.6) is 0 Å². The molecule has 0 bridgehead atoms. The molecule has 0 atom stereocenters. The van der Waals surface area contributed by atoms with E-state index in [9.17, 15) is 0 Å². The summed E-state index contributed by atoms with van der Waals surface area (Å²) in [6, 6.07) is 4.87. The highest BCUT2D eigenvalue weighted by Crippen LogP contribution is 2.26. The highest BCUT2D eigenvalue weighted by atomic mass is 35.5. The second-order valence-corrected chi connectivity index (χ2v) is 3.67. The van der Waals surface area contributed by atoms with Gasteiger partial charge in [-0.3, -0.25) is 0 Å². The summed E-state index contributed by atoms with van der Waals surface area (Å²) < 4.78 is -0.0617. The molecule has 1 rings (SSSR count). The maximum absolute atomic E-state index is 5.71. The molecule has 1 aromatic rings. The Balaban J connectivity index is 3.05. The molecular weight excluding hydrogens is 240 g/mol. The van der Waals surface area contributed by atoms with Gasteiger partial charge in [-0.15, -0.1) is 0 Å². The zero-order chi connectivity index (χ0) is 9.14. The molecular formula is C7H3Cl4N. The number of nitrogens with zero attached hydrogens (tertiary/aromatic N) is 1. The van der Waals surface area contributed by atoms with Crippen LogP contribution in [-0.2, 0) is 0 Å². The number of rotatable bonds is 1. The van der Waals surface area contributed by atoms with Crippen molar-refractivity contribution < 1.29 is 0 Å². The standard InChI is InChI=1S/C7H3Cl4N/c8-5-2-1-4(3-6(5)9)12-7(10)11/h1-3H. The van der Waals surface area contributed by atoms with E-state index < -0.39 is 0 Å². The minimum Gasteiger partial charge on any atom is -0.225 e. The van der Waals surface area contributed by atoms with Crippen LogP contribution in [0.1, 0.15) is 0 Å². The number of hydrogen-bond donors (Lipinski definition) is 0. The van der Waals surface area contributed by atoms with Crippen molar-refractivity contribution in [1.29, 1.82) is 0 Å². The zero-order valence-corrected chi connectivity index (χ0v) is 8.71. The summed E-state index contributed by atoms with van der Waals surface area (Å²) in [4.78, 5) is 3.77. The van der Waals surface area contributed by atoms with E-state index in [0.29, 0.717) is 15.7 Å². The fraction of sp³-hybridized carbons (Fsp3) is 0. The summed E-state index contributed by atoms with van der Waals surface area (Å²) in [6.45, 7) is 0. The highest BCUT2D eigenvalue weighted by molar-refractivity contribution is 6.95. The summed E-state index contributed by atoms with van der Waals surface area (Å²) in [7, 11) is 0. The Morgan fingerprint density at radius 3 is 2.25 bits per heavy atom. The maximum Gasteiger partial charge on any atom is 0.197 e. The number of hydrogen-bond acceptors (Lipinski definition) is 1. The average molecular weight is 243 g/mol. The lowest BCUT2D eigenvalue weighted by Crippen LogP contribution is -1.71. The van der Waals surface area contributed by atoms with Crippen molar-refractivity contribution in [3.63, 3.8) is 0 Å². The van der Waals surface area contributed by atoms with Gasteiger partial charge in [0.25, 0.3) is 0 Å². The van der Waals surface area contributed by atoms with E-state index >= 15 is 0 Å². The molecule has 0 fully saturated rings. The molecule has 0 N–H and O–H groups in total. The predicted octanol–water partition coefficient (Wildman–Crippen LogP) is 4.46. The molecule has 0 unspecified atom stereocenters. The summed E-state index contributed by atoms with van der Waals surface area (Å²) >= 11 is 22.1. The molecule has 1 aromatic carbocycles. The van der Waals surface area contributed by atoms with Crippen molar-refractivity contribution in [3.8, 4) is 0 Å². The Morgan fingerprint density at radius 2 is 1.75 bits per heavy atom. The van der Waals surface area contributed by atoms with Gasteiger partial charge >= 0.3 is 0 Å². The minimum atomic E-state index is -0.0617.